The third-order valence-corrected chi connectivity index (χ3v) is 9.01. The molecule has 0 fully saturated rings. The van der Waals surface area contributed by atoms with Crippen LogP contribution in [-0.4, -0.2) is 109 Å². The zero-order valence-corrected chi connectivity index (χ0v) is 32.0. The van der Waals surface area contributed by atoms with Gasteiger partial charge < -0.3 is 30.7 Å². The van der Waals surface area contributed by atoms with E-state index in [1.807, 2.05) is 99.6 Å². The lowest BCUT2D eigenvalue weighted by Crippen LogP contribution is -2.62. The average molecular weight is 673 g/mol. The van der Waals surface area contributed by atoms with Crippen molar-refractivity contribution in [3.8, 4) is 0 Å². The van der Waals surface area contributed by atoms with Crippen molar-refractivity contribution in [2.75, 3.05) is 34.7 Å². The molecule has 5 amide bonds. The minimum atomic E-state index is -0.896. The van der Waals surface area contributed by atoms with E-state index in [9.17, 15) is 24.0 Å². The molecule has 0 saturated heterocycles. The first-order valence-corrected chi connectivity index (χ1v) is 17.4. The van der Waals surface area contributed by atoms with Crippen molar-refractivity contribution in [3.05, 3.63) is 35.9 Å². The number of hydrogen-bond donors (Lipinski definition) is 3. The molecule has 48 heavy (non-hydrogen) atoms. The summed E-state index contributed by atoms with van der Waals surface area (Å²) in [6.07, 6.45) is 0.666. The van der Waals surface area contributed by atoms with Gasteiger partial charge in [-0.15, -0.1) is 0 Å². The van der Waals surface area contributed by atoms with E-state index >= 15 is 0 Å². The van der Waals surface area contributed by atoms with Crippen molar-refractivity contribution in [1.82, 2.24) is 30.7 Å². The van der Waals surface area contributed by atoms with Crippen molar-refractivity contribution in [2.24, 2.45) is 29.6 Å². The molecule has 1 aromatic rings. The van der Waals surface area contributed by atoms with Gasteiger partial charge in [0.25, 0.3) is 0 Å². The second kappa shape index (κ2) is 19.5. The molecule has 11 nitrogen and oxygen atoms in total. The molecule has 5 atom stereocenters. The first-order valence-electron chi connectivity index (χ1n) is 17.4. The normalized spacial score (nSPS) is 14.8. The Kier molecular flexibility index (Phi) is 17.3. The molecule has 11 heteroatoms. The first-order chi connectivity index (χ1) is 22.3. The molecule has 0 aliphatic heterocycles. The Labute approximate surface area is 289 Å². The van der Waals surface area contributed by atoms with Gasteiger partial charge in [0.05, 0.1) is 6.04 Å². The van der Waals surface area contributed by atoms with Crippen molar-refractivity contribution >= 4 is 29.5 Å². The third kappa shape index (κ3) is 11.3. The molecule has 0 aliphatic rings. The second-order valence-corrected chi connectivity index (χ2v) is 14.7. The number of likely N-dealkylation sites (N-methyl/N-ethyl adjacent to an activating group) is 4. The number of hydrogen-bond acceptors (Lipinski definition) is 6. The van der Waals surface area contributed by atoms with E-state index in [0.717, 1.165) is 5.56 Å². The molecule has 0 bridgehead atoms. The minimum absolute atomic E-state index is 0.00794. The van der Waals surface area contributed by atoms with Gasteiger partial charge in [0.15, 0.2) is 0 Å². The molecule has 0 spiro atoms. The number of carbonyl (C=O) groups excluding carboxylic acids is 5. The van der Waals surface area contributed by atoms with E-state index in [-0.39, 0.29) is 59.1 Å². The highest BCUT2D eigenvalue weighted by molar-refractivity contribution is 5.96. The average Bonchev–Trinajstić information content (AvgIpc) is 2.99. The summed E-state index contributed by atoms with van der Waals surface area (Å²) >= 11 is 0. The van der Waals surface area contributed by atoms with E-state index < -0.39 is 30.2 Å². The summed E-state index contributed by atoms with van der Waals surface area (Å²) in [6, 6.07) is 6.01. The van der Waals surface area contributed by atoms with Crippen molar-refractivity contribution in [1.29, 1.82) is 0 Å². The molecule has 1 rings (SSSR count). The number of nitrogens with zero attached hydrogens (tertiary/aromatic N) is 3. The Morgan fingerprint density at radius 3 is 1.38 bits per heavy atom. The number of amides is 5. The summed E-state index contributed by atoms with van der Waals surface area (Å²) in [6.45, 7) is 19.2. The second-order valence-electron chi connectivity index (χ2n) is 14.7. The number of nitrogens with one attached hydrogen (secondary N) is 3. The molecular formula is C37H64N6O5. The standard InChI is InChI=1S/C37H64N6O5/c1-22(2)28(38-11)33(44)40-29(23(3)4)35(46)42(13)31(25(7)8)37(48)43(14)32(26(9)10)36(47)41(12)30(24(5)6)34(45)39-21-20-27-18-16-15-17-19-27/h15-19,22-26,28-32,38H,20-21H2,1-14H3,(H,39,45)(H,40,44)/t28-,29-,30-,31-,32-/m0/s1. The highest BCUT2D eigenvalue weighted by Crippen LogP contribution is 2.22. The Hall–Kier alpha value is -3.47. The van der Waals surface area contributed by atoms with Crippen LogP contribution in [0.1, 0.15) is 74.8 Å². The molecule has 0 radical (unpaired) electrons. The molecule has 0 saturated carbocycles. The summed E-state index contributed by atoms with van der Waals surface area (Å²) in [5.74, 6) is -2.65. The topological polar surface area (TPSA) is 131 Å². The van der Waals surface area contributed by atoms with Crippen molar-refractivity contribution in [3.63, 3.8) is 0 Å². The van der Waals surface area contributed by atoms with Gasteiger partial charge >= 0.3 is 0 Å². The summed E-state index contributed by atoms with van der Waals surface area (Å²) in [5, 5.41) is 8.90. The highest BCUT2D eigenvalue weighted by atomic mass is 16.2. The van der Waals surface area contributed by atoms with Gasteiger partial charge in [-0.1, -0.05) is 99.6 Å². The Balaban J connectivity index is 3.26. The number of benzene rings is 1. The lowest BCUT2D eigenvalue weighted by atomic mass is 9.94. The van der Waals surface area contributed by atoms with Gasteiger partial charge in [-0.3, -0.25) is 24.0 Å². The monoisotopic (exact) mass is 672 g/mol. The first kappa shape index (κ1) is 42.6. The van der Waals surface area contributed by atoms with Crippen LogP contribution in [0.2, 0.25) is 0 Å². The van der Waals surface area contributed by atoms with Gasteiger partial charge in [-0.2, -0.15) is 0 Å². The van der Waals surface area contributed by atoms with E-state index in [1.54, 1.807) is 28.2 Å². The summed E-state index contributed by atoms with van der Waals surface area (Å²) in [7, 11) is 6.47. The zero-order valence-electron chi connectivity index (χ0n) is 32.0. The predicted molar refractivity (Wildman–Crippen MR) is 192 cm³/mol. The van der Waals surface area contributed by atoms with Gasteiger partial charge in [0, 0.05) is 27.7 Å². The van der Waals surface area contributed by atoms with Crippen molar-refractivity contribution < 1.29 is 24.0 Å². The SMILES string of the molecule is CN[C@H](C(=O)N[C@H](C(=O)N(C)[C@H](C(=O)N(C)[C@H](C(=O)N(C)[C@H](C(=O)NCCc1ccccc1)C(C)C)C(C)C)C(C)C)C(C)C)C(C)C. The highest BCUT2D eigenvalue weighted by Gasteiger charge is 2.42. The Bertz CT molecular complexity index is 1200. The van der Waals surface area contributed by atoms with Crippen LogP contribution in [0.3, 0.4) is 0 Å². The predicted octanol–water partition coefficient (Wildman–Crippen LogP) is 3.18. The smallest absolute Gasteiger partial charge is 0.246 e. The fraction of sp³-hybridized carbons (Fsp3) is 0.703. The zero-order chi connectivity index (χ0) is 37.0. The van der Waals surface area contributed by atoms with E-state index in [1.165, 1.54) is 14.7 Å². The largest absolute Gasteiger partial charge is 0.354 e. The van der Waals surface area contributed by atoms with Crippen molar-refractivity contribution in [2.45, 2.75) is 106 Å². The van der Waals surface area contributed by atoms with Gasteiger partial charge in [0.2, 0.25) is 29.5 Å². The van der Waals surface area contributed by atoms with Gasteiger partial charge in [-0.25, -0.2) is 0 Å². The molecule has 0 aromatic heterocycles. The van der Waals surface area contributed by atoms with Crippen LogP contribution in [0.15, 0.2) is 30.3 Å². The van der Waals surface area contributed by atoms with E-state index in [4.69, 9.17) is 0 Å². The van der Waals surface area contributed by atoms with Gasteiger partial charge in [0.1, 0.15) is 24.2 Å². The van der Waals surface area contributed by atoms with Crippen LogP contribution in [0.5, 0.6) is 0 Å². The summed E-state index contributed by atoms with van der Waals surface area (Å²) in [5.41, 5.74) is 1.10. The Morgan fingerprint density at radius 2 is 0.979 bits per heavy atom. The van der Waals surface area contributed by atoms with Crippen LogP contribution in [-0.2, 0) is 30.4 Å². The Morgan fingerprint density at radius 1 is 0.562 bits per heavy atom. The van der Waals surface area contributed by atoms with Crippen LogP contribution < -0.4 is 16.0 Å². The number of carbonyl (C=O) groups is 5. The molecular weight excluding hydrogens is 608 g/mol. The maximum absolute atomic E-state index is 14.3. The fourth-order valence-corrected chi connectivity index (χ4v) is 6.37. The van der Waals surface area contributed by atoms with Crippen LogP contribution in [0.25, 0.3) is 0 Å². The lowest BCUT2D eigenvalue weighted by Gasteiger charge is -2.41. The van der Waals surface area contributed by atoms with E-state index in [2.05, 4.69) is 16.0 Å². The molecule has 3 N–H and O–H groups in total. The molecule has 1 aromatic carbocycles. The molecule has 272 valence electrons. The maximum Gasteiger partial charge on any atom is 0.246 e. The third-order valence-electron chi connectivity index (χ3n) is 9.01. The lowest BCUT2D eigenvalue weighted by molar-refractivity contribution is -0.155. The molecule has 0 unspecified atom stereocenters. The maximum atomic E-state index is 14.3. The number of rotatable bonds is 18. The van der Waals surface area contributed by atoms with Crippen LogP contribution >= 0.6 is 0 Å². The van der Waals surface area contributed by atoms with Gasteiger partial charge in [-0.05, 0) is 48.6 Å². The minimum Gasteiger partial charge on any atom is -0.354 e. The quantitative estimate of drug-likeness (QED) is 0.220. The summed E-state index contributed by atoms with van der Waals surface area (Å²) in [4.78, 5) is 73.1. The van der Waals surface area contributed by atoms with E-state index in [0.29, 0.717) is 13.0 Å². The van der Waals surface area contributed by atoms with Crippen LogP contribution in [0, 0.1) is 29.6 Å². The fourth-order valence-electron chi connectivity index (χ4n) is 6.37. The molecule has 0 heterocycles. The van der Waals surface area contributed by atoms with Crippen LogP contribution in [0.4, 0.5) is 0 Å². The summed E-state index contributed by atoms with van der Waals surface area (Å²) < 4.78 is 0. The molecule has 0 aliphatic carbocycles.